The molecule has 0 atom stereocenters. The lowest BCUT2D eigenvalue weighted by Gasteiger charge is -2.12. The lowest BCUT2D eigenvalue weighted by molar-refractivity contribution is -0.384. The van der Waals surface area contributed by atoms with Gasteiger partial charge in [-0.1, -0.05) is 60.7 Å². The van der Waals surface area contributed by atoms with Crippen molar-refractivity contribution in [2.75, 3.05) is 0 Å². The van der Waals surface area contributed by atoms with E-state index in [1.807, 2.05) is 24.3 Å². The quantitative estimate of drug-likeness (QED) is 0.183. The Morgan fingerprint density at radius 2 is 1.37 bits per heavy atom. The minimum absolute atomic E-state index is 0.119. The van der Waals surface area contributed by atoms with Crippen molar-refractivity contribution in [3.8, 4) is 11.1 Å². The number of rotatable bonds is 2. The summed E-state index contributed by atoms with van der Waals surface area (Å²) in [7, 11) is 0. The van der Waals surface area contributed by atoms with Crippen molar-refractivity contribution in [2.45, 2.75) is 0 Å². The Kier molecular flexibility index (Phi) is 3.44. The summed E-state index contributed by atoms with van der Waals surface area (Å²) in [4.78, 5) is 11.2. The number of nitro groups is 1. The molecule has 142 valence electrons. The lowest BCUT2D eigenvalue weighted by atomic mass is 9.98. The first-order valence-electron chi connectivity index (χ1n) is 9.81. The van der Waals surface area contributed by atoms with Crippen LogP contribution in [0.25, 0.3) is 49.2 Å². The highest BCUT2D eigenvalue weighted by atomic mass is 16.6. The summed E-state index contributed by atoms with van der Waals surface area (Å²) in [6, 6.07) is 32.0. The van der Waals surface area contributed by atoms with E-state index in [4.69, 9.17) is 0 Å². The number of hydrogen-bond donors (Lipinski definition) is 0. The Labute approximate surface area is 171 Å². The molecule has 4 heteroatoms. The van der Waals surface area contributed by atoms with Gasteiger partial charge in [0, 0.05) is 22.2 Å². The molecule has 0 N–H and O–H groups in total. The summed E-state index contributed by atoms with van der Waals surface area (Å²) in [6.45, 7) is 0. The molecule has 0 aliphatic rings. The molecule has 2 aromatic heterocycles. The first-order valence-corrected chi connectivity index (χ1v) is 9.81. The maximum Gasteiger partial charge on any atom is 0.277 e. The van der Waals surface area contributed by atoms with Crippen molar-refractivity contribution < 1.29 is 4.92 Å². The standard InChI is InChI=1S/C26H16N2O2/c29-28(30)25-12-6-4-8-19(25)17-13-14-24-22(15-17)20-9-2-3-10-21(20)26-16-18-7-1-5-11-23(18)27(24)26/h1-16H. The second kappa shape index (κ2) is 6.16. The molecule has 0 saturated carbocycles. The molecule has 6 rings (SSSR count). The molecule has 0 saturated heterocycles. The fourth-order valence-corrected chi connectivity index (χ4v) is 4.55. The summed E-state index contributed by atoms with van der Waals surface area (Å²) in [6.07, 6.45) is 0. The molecule has 4 nitrogen and oxygen atoms in total. The molecule has 6 aromatic rings. The topological polar surface area (TPSA) is 47.5 Å². The summed E-state index contributed by atoms with van der Waals surface area (Å²) in [5.74, 6) is 0. The molecule has 30 heavy (non-hydrogen) atoms. The van der Waals surface area contributed by atoms with Crippen LogP contribution in [-0.2, 0) is 0 Å². The zero-order chi connectivity index (χ0) is 20.2. The molecule has 0 amide bonds. The van der Waals surface area contributed by atoms with Crippen LogP contribution in [-0.4, -0.2) is 9.32 Å². The van der Waals surface area contributed by atoms with E-state index in [2.05, 4.69) is 65.1 Å². The van der Waals surface area contributed by atoms with E-state index in [-0.39, 0.29) is 10.6 Å². The van der Waals surface area contributed by atoms with Gasteiger partial charge in [0.2, 0.25) is 0 Å². The number of aromatic nitrogens is 1. The number of pyridine rings is 1. The Hall–Kier alpha value is -4.18. The van der Waals surface area contributed by atoms with Gasteiger partial charge in [-0.05, 0) is 41.3 Å². The number of para-hydroxylation sites is 2. The van der Waals surface area contributed by atoms with Crippen molar-refractivity contribution in [2.24, 2.45) is 0 Å². The fraction of sp³-hybridized carbons (Fsp3) is 0. The van der Waals surface area contributed by atoms with Gasteiger partial charge < -0.3 is 4.40 Å². The van der Waals surface area contributed by atoms with Crippen LogP contribution in [0, 0.1) is 10.1 Å². The van der Waals surface area contributed by atoms with Crippen LogP contribution in [0.2, 0.25) is 0 Å². The first-order chi connectivity index (χ1) is 14.7. The van der Waals surface area contributed by atoms with Crippen molar-refractivity contribution in [1.82, 2.24) is 4.40 Å². The average molecular weight is 388 g/mol. The van der Waals surface area contributed by atoms with Crippen molar-refractivity contribution in [3.05, 3.63) is 107 Å². The van der Waals surface area contributed by atoms with E-state index < -0.39 is 0 Å². The molecule has 0 aliphatic carbocycles. The second-order valence-electron chi connectivity index (χ2n) is 7.48. The highest BCUT2D eigenvalue weighted by molar-refractivity contribution is 6.16. The molecule has 0 bridgehead atoms. The highest BCUT2D eigenvalue weighted by Gasteiger charge is 2.17. The van der Waals surface area contributed by atoms with Gasteiger partial charge in [-0.15, -0.1) is 0 Å². The van der Waals surface area contributed by atoms with Crippen LogP contribution in [0.5, 0.6) is 0 Å². The SMILES string of the molecule is O=[N+]([O-])c1ccccc1-c1ccc2c(c1)c1ccccc1c1cc3ccccc3n21. The van der Waals surface area contributed by atoms with Crippen LogP contribution in [0.15, 0.2) is 97.1 Å². The minimum Gasteiger partial charge on any atom is -0.309 e. The van der Waals surface area contributed by atoms with Gasteiger partial charge in [0.25, 0.3) is 5.69 Å². The second-order valence-corrected chi connectivity index (χ2v) is 7.48. The van der Waals surface area contributed by atoms with Crippen LogP contribution in [0.4, 0.5) is 5.69 Å². The van der Waals surface area contributed by atoms with E-state index in [0.29, 0.717) is 5.56 Å². The summed E-state index contributed by atoms with van der Waals surface area (Å²) >= 11 is 0. The molecule has 0 radical (unpaired) electrons. The predicted octanol–water partition coefficient (Wildman–Crippen LogP) is 6.97. The molecular formula is C26H16N2O2. The van der Waals surface area contributed by atoms with E-state index in [1.54, 1.807) is 12.1 Å². The van der Waals surface area contributed by atoms with Crippen LogP contribution in [0.1, 0.15) is 0 Å². The fourth-order valence-electron chi connectivity index (χ4n) is 4.55. The number of fused-ring (bicyclic) bond motifs is 8. The maximum atomic E-state index is 11.6. The van der Waals surface area contributed by atoms with Crippen molar-refractivity contribution in [1.29, 1.82) is 0 Å². The van der Waals surface area contributed by atoms with E-state index in [9.17, 15) is 10.1 Å². The molecular weight excluding hydrogens is 372 g/mol. The van der Waals surface area contributed by atoms with Gasteiger partial charge in [-0.25, -0.2) is 0 Å². The van der Waals surface area contributed by atoms with E-state index in [0.717, 1.165) is 32.9 Å². The number of nitro benzene ring substituents is 1. The zero-order valence-electron chi connectivity index (χ0n) is 15.9. The van der Waals surface area contributed by atoms with Crippen molar-refractivity contribution in [3.63, 3.8) is 0 Å². The first kappa shape index (κ1) is 16.7. The molecule has 0 aliphatic heterocycles. The molecule has 0 spiro atoms. The zero-order valence-corrected chi connectivity index (χ0v) is 15.9. The number of benzene rings is 4. The third-order valence-electron chi connectivity index (χ3n) is 5.85. The summed E-state index contributed by atoms with van der Waals surface area (Å²) < 4.78 is 2.29. The van der Waals surface area contributed by atoms with E-state index >= 15 is 0 Å². The van der Waals surface area contributed by atoms with E-state index in [1.165, 1.54) is 10.8 Å². The maximum absolute atomic E-state index is 11.6. The molecule has 0 fully saturated rings. The molecule has 0 unspecified atom stereocenters. The summed E-state index contributed by atoms with van der Waals surface area (Å²) in [5.41, 5.74) is 5.00. The predicted molar refractivity (Wildman–Crippen MR) is 122 cm³/mol. The minimum atomic E-state index is -0.319. The van der Waals surface area contributed by atoms with Crippen molar-refractivity contribution >= 4 is 43.8 Å². The monoisotopic (exact) mass is 388 g/mol. The third kappa shape index (κ3) is 2.28. The Balaban J connectivity index is 1.79. The van der Waals surface area contributed by atoms with Crippen LogP contribution in [0.3, 0.4) is 0 Å². The molecule has 4 aromatic carbocycles. The third-order valence-corrected chi connectivity index (χ3v) is 5.85. The Morgan fingerprint density at radius 3 is 2.23 bits per heavy atom. The van der Waals surface area contributed by atoms with Gasteiger partial charge in [-0.3, -0.25) is 10.1 Å². The normalized spacial score (nSPS) is 11.6. The Bertz CT molecular complexity index is 1630. The Morgan fingerprint density at radius 1 is 0.633 bits per heavy atom. The van der Waals surface area contributed by atoms with Crippen LogP contribution >= 0.6 is 0 Å². The van der Waals surface area contributed by atoms with Gasteiger partial charge >= 0.3 is 0 Å². The van der Waals surface area contributed by atoms with Crippen LogP contribution < -0.4 is 0 Å². The highest BCUT2D eigenvalue weighted by Crippen LogP contribution is 2.37. The smallest absolute Gasteiger partial charge is 0.277 e. The van der Waals surface area contributed by atoms with Gasteiger partial charge in [0.15, 0.2) is 0 Å². The number of nitrogens with zero attached hydrogens (tertiary/aromatic N) is 2. The number of hydrogen-bond acceptors (Lipinski definition) is 2. The molecule has 2 heterocycles. The van der Waals surface area contributed by atoms with Gasteiger partial charge in [-0.2, -0.15) is 0 Å². The average Bonchev–Trinajstić information content (AvgIpc) is 3.19. The lowest BCUT2D eigenvalue weighted by Crippen LogP contribution is -1.94. The van der Waals surface area contributed by atoms with Gasteiger partial charge in [0.05, 0.1) is 27.0 Å². The largest absolute Gasteiger partial charge is 0.309 e. The van der Waals surface area contributed by atoms with Gasteiger partial charge in [0.1, 0.15) is 0 Å². The summed E-state index contributed by atoms with van der Waals surface area (Å²) in [5, 5.41) is 16.1.